The SMILES string of the molecule is Cc1nn(-c2ccccc2)c(O)c1C=Nc1cc(-c2cccs2)ccc1C(=O)O.Cc1nn(-c2ccccc2)c(O)c1C=Nc1cc(-c2cccs2)ccc1C(=O)O.[Cr]. The predicted octanol–water partition coefficient (Wildman–Crippen LogP) is 10.1. The van der Waals surface area contributed by atoms with Gasteiger partial charge in [-0.3, -0.25) is 9.98 Å². The molecule has 294 valence electrons. The van der Waals surface area contributed by atoms with E-state index in [2.05, 4.69) is 20.2 Å². The van der Waals surface area contributed by atoms with Crippen molar-refractivity contribution in [2.75, 3.05) is 0 Å². The molecule has 0 saturated heterocycles. The monoisotopic (exact) mass is 858 g/mol. The smallest absolute Gasteiger partial charge is 0.337 e. The van der Waals surface area contributed by atoms with E-state index in [1.54, 1.807) is 72.9 Å². The predicted molar refractivity (Wildman–Crippen MR) is 228 cm³/mol. The summed E-state index contributed by atoms with van der Waals surface area (Å²) in [6.45, 7) is 3.53. The van der Waals surface area contributed by atoms with E-state index in [9.17, 15) is 30.0 Å². The van der Waals surface area contributed by atoms with E-state index < -0.39 is 11.9 Å². The Labute approximate surface area is 357 Å². The Morgan fingerprint density at radius 2 is 0.966 bits per heavy atom. The third kappa shape index (κ3) is 9.30. The standard InChI is InChI=1S/2C22H17N3O3S.Cr/c2*1-14-18(21(26)25(24-14)16-6-3-2-4-7-16)13-23-19-12-15(20-8-5-11-29-20)9-10-17(19)22(27)28;/h2*2-13,26H,1H3,(H,27,28);. The number of aromatic nitrogens is 4. The molecular formula is C44H34CrN6O6S2. The quantitative estimate of drug-likeness (QED) is 0.0983. The second-order valence-electron chi connectivity index (χ2n) is 12.7. The van der Waals surface area contributed by atoms with Crippen LogP contribution >= 0.6 is 22.7 Å². The molecule has 15 heteroatoms. The summed E-state index contributed by atoms with van der Waals surface area (Å²) in [4.78, 5) is 34.0. The number of nitrogens with zero attached hydrogens (tertiary/aromatic N) is 6. The molecule has 4 N–H and O–H groups in total. The summed E-state index contributed by atoms with van der Waals surface area (Å²) in [5, 5.41) is 52.9. The summed E-state index contributed by atoms with van der Waals surface area (Å²) < 4.78 is 2.85. The maximum Gasteiger partial charge on any atom is 0.337 e. The molecule has 0 spiro atoms. The number of hydrogen-bond donors (Lipinski definition) is 4. The number of aromatic carboxylic acids is 2. The number of thiophene rings is 2. The molecule has 4 aromatic carbocycles. The van der Waals surface area contributed by atoms with Crippen LogP contribution < -0.4 is 0 Å². The summed E-state index contributed by atoms with van der Waals surface area (Å²) in [6.07, 6.45) is 2.91. The number of aliphatic imine (C=N–C) groups is 2. The van der Waals surface area contributed by atoms with Crippen LogP contribution in [0.2, 0.25) is 0 Å². The molecule has 0 saturated carbocycles. The van der Waals surface area contributed by atoms with Gasteiger partial charge in [-0.15, -0.1) is 22.7 Å². The normalized spacial score (nSPS) is 11.0. The maximum absolute atomic E-state index is 11.6. The maximum atomic E-state index is 11.6. The third-order valence-electron chi connectivity index (χ3n) is 8.90. The Kier molecular flexibility index (Phi) is 13.1. The van der Waals surface area contributed by atoms with Crippen LogP contribution in [0.5, 0.6) is 11.8 Å². The zero-order valence-corrected chi connectivity index (χ0v) is 34.3. The van der Waals surface area contributed by atoms with Gasteiger partial charge in [-0.1, -0.05) is 60.7 Å². The molecule has 0 unspecified atom stereocenters. The minimum atomic E-state index is -1.06. The molecule has 0 atom stereocenters. The van der Waals surface area contributed by atoms with E-state index in [1.807, 2.05) is 95.7 Å². The number of aromatic hydroxyl groups is 2. The molecule has 0 radical (unpaired) electrons. The van der Waals surface area contributed by atoms with Gasteiger partial charge in [-0.2, -0.15) is 10.2 Å². The molecule has 12 nitrogen and oxygen atoms in total. The van der Waals surface area contributed by atoms with E-state index in [0.29, 0.717) is 33.9 Å². The van der Waals surface area contributed by atoms with Crippen molar-refractivity contribution in [3.63, 3.8) is 0 Å². The number of carboxylic acid groups (broad SMARTS) is 2. The van der Waals surface area contributed by atoms with E-state index in [-0.39, 0.29) is 40.2 Å². The Morgan fingerprint density at radius 1 is 0.576 bits per heavy atom. The van der Waals surface area contributed by atoms with Crippen molar-refractivity contribution < 1.29 is 47.4 Å². The van der Waals surface area contributed by atoms with Crippen LogP contribution in [0.15, 0.2) is 142 Å². The minimum Gasteiger partial charge on any atom is -0.493 e. The van der Waals surface area contributed by atoms with E-state index in [0.717, 1.165) is 32.3 Å². The van der Waals surface area contributed by atoms with Gasteiger partial charge in [0, 0.05) is 39.5 Å². The molecule has 59 heavy (non-hydrogen) atoms. The second kappa shape index (κ2) is 18.6. The van der Waals surface area contributed by atoms with Gasteiger partial charge < -0.3 is 20.4 Å². The molecule has 0 bridgehead atoms. The summed E-state index contributed by atoms with van der Waals surface area (Å²) in [5.41, 5.74) is 6.07. The average Bonchev–Trinajstić information content (AvgIpc) is 4.06. The van der Waals surface area contributed by atoms with Gasteiger partial charge in [0.05, 0.1) is 56.4 Å². The van der Waals surface area contributed by atoms with Gasteiger partial charge >= 0.3 is 11.9 Å². The first-order chi connectivity index (χ1) is 28.1. The molecule has 0 aliphatic carbocycles. The second-order valence-corrected chi connectivity index (χ2v) is 14.6. The van der Waals surface area contributed by atoms with Crippen molar-refractivity contribution in [1.29, 1.82) is 0 Å². The van der Waals surface area contributed by atoms with Gasteiger partial charge in [0.2, 0.25) is 11.8 Å². The van der Waals surface area contributed by atoms with Crippen LogP contribution in [0.3, 0.4) is 0 Å². The largest absolute Gasteiger partial charge is 0.493 e. The van der Waals surface area contributed by atoms with Crippen molar-refractivity contribution in [3.8, 4) is 44.0 Å². The van der Waals surface area contributed by atoms with Gasteiger partial charge in [-0.05, 0) is 96.4 Å². The fourth-order valence-corrected chi connectivity index (χ4v) is 7.40. The van der Waals surface area contributed by atoms with Crippen LogP contribution in [0.4, 0.5) is 11.4 Å². The van der Waals surface area contributed by atoms with E-state index in [1.165, 1.54) is 21.8 Å². The number of hydrogen-bond acceptors (Lipinski definition) is 10. The Hall–Kier alpha value is -6.89. The first kappa shape index (κ1) is 41.7. The molecule has 8 rings (SSSR count). The van der Waals surface area contributed by atoms with Crippen molar-refractivity contribution in [2.24, 2.45) is 9.98 Å². The fraction of sp³-hybridized carbons (Fsp3) is 0.0455. The molecule has 0 aliphatic heterocycles. The van der Waals surface area contributed by atoms with Crippen molar-refractivity contribution in [3.05, 3.63) is 166 Å². The molecule has 4 heterocycles. The molecule has 4 aromatic heterocycles. The molecule has 8 aromatic rings. The Bertz CT molecular complexity index is 2590. The van der Waals surface area contributed by atoms with Crippen LogP contribution in [0, 0.1) is 13.8 Å². The summed E-state index contributed by atoms with van der Waals surface area (Å²) >= 11 is 3.13. The van der Waals surface area contributed by atoms with E-state index in [4.69, 9.17) is 0 Å². The summed E-state index contributed by atoms with van der Waals surface area (Å²) in [7, 11) is 0. The van der Waals surface area contributed by atoms with Gasteiger partial charge in [0.15, 0.2) is 0 Å². The number of carboxylic acids is 2. The number of aryl methyl sites for hydroxylation is 2. The van der Waals surface area contributed by atoms with Crippen LogP contribution in [-0.4, -0.2) is 64.4 Å². The fourth-order valence-electron chi connectivity index (χ4n) is 5.95. The van der Waals surface area contributed by atoms with Gasteiger partial charge in [0.1, 0.15) is 0 Å². The first-order valence-corrected chi connectivity index (χ1v) is 19.4. The molecule has 0 aliphatic rings. The molecular weight excluding hydrogens is 825 g/mol. The van der Waals surface area contributed by atoms with Gasteiger partial charge in [-0.25, -0.2) is 19.0 Å². The van der Waals surface area contributed by atoms with Crippen molar-refractivity contribution >= 4 is 58.4 Å². The van der Waals surface area contributed by atoms with Crippen molar-refractivity contribution in [2.45, 2.75) is 13.8 Å². The Morgan fingerprint density at radius 3 is 1.31 bits per heavy atom. The Balaban J connectivity index is 0.000000195. The molecule has 0 amide bonds. The van der Waals surface area contributed by atoms with Crippen LogP contribution in [0.25, 0.3) is 32.3 Å². The average molecular weight is 859 g/mol. The zero-order valence-electron chi connectivity index (χ0n) is 31.4. The summed E-state index contributed by atoms with van der Waals surface area (Å²) in [5.74, 6) is -2.22. The summed E-state index contributed by atoms with van der Waals surface area (Å²) in [6, 6.07) is 36.4. The topological polar surface area (TPSA) is 175 Å². The number of para-hydroxylation sites is 2. The van der Waals surface area contributed by atoms with Gasteiger partial charge in [0.25, 0.3) is 0 Å². The van der Waals surface area contributed by atoms with Crippen molar-refractivity contribution in [1.82, 2.24) is 19.6 Å². The van der Waals surface area contributed by atoms with Crippen LogP contribution in [-0.2, 0) is 17.4 Å². The number of rotatable bonds is 10. The van der Waals surface area contributed by atoms with E-state index >= 15 is 0 Å². The minimum absolute atomic E-state index is 0. The molecule has 0 fully saturated rings. The zero-order chi connectivity index (χ0) is 40.8. The number of benzene rings is 4. The van der Waals surface area contributed by atoms with Crippen LogP contribution in [0.1, 0.15) is 43.2 Å². The number of carbonyl (C=O) groups is 2. The first-order valence-electron chi connectivity index (χ1n) is 17.7. The third-order valence-corrected chi connectivity index (χ3v) is 10.7.